The number of rotatable bonds is 9. The molecule has 4 nitrogen and oxygen atoms in total. The molecule has 160 valence electrons. The zero-order valence-electron chi connectivity index (χ0n) is 17.7. The molecule has 4 heteroatoms. The second-order valence-electron chi connectivity index (χ2n) is 7.57. The van der Waals surface area contributed by atoms with E-state index in [9.17, 15) is 5.11 Å². The smallest absolute Gasteiger partial charge is 0.0587 e. The molecule has 0 amide bonds. The van der Waals surface area contributed by atoms with Crippen LogP contribution >= 0.6 is 0 Å². The molecule has 30 heavy (non-hydrogen) atoms. The van der Waals surface area contributed by atoms with Crippen LogP contribution in [0.15, 0.2) is 84.9 Å². The van der Waals surface area contributed by atoms with Gasteiger partial charge in [0.2, 0.25) is 0 Å². The predicted octanol–water partition coefficient (Wildman–Crippen LogP) is 3.24. The van der Waals surface area contributed by atoms with Crippen molar-refractivity contribution >= 4 is 0 Å². The Bertz CT molecular complexity index is 807. The number of aliphatic hydroxyl groups is 2. The molecule has 3 aromatic rings. The Hall–Kier alpha value is -2.50. The minimum absolute atomic E-state index is 0.0505. The van der Waals surface area contributed by atoms with E-state index in [1.54, 1.807) is 0 Å². The molecule has 0 saturated heterocycles. The van der Waals surface area contributed by atoms with Crippen molar-refractivity contribution in [1.82, 2.24) is 5.32 Å². The normalized spacial score (nSPS) is 12.5. The molecule has 0 unspecified atom stereocenters. The van der Waals surface area contributed by atoms with Gasteiger partial charge < -0.3 is 21.3 Å². The Morgan fingerprint density at radius 3 is 1.73 bits per heavy atom. The van der Waals surface area contributed by atoms with Crippen LogP contribution in [0.5, 0.6) is 0 Å². The molecule has 0 spiro atoms. The maximum Gasteiger partial charge on any atom is 0.0587 e. The molecule has 0 aromatic heterocycles. The third-order valence-corrected chi connectivity index (χ3v) is 4.84. The van der Waals surface area contributed by atoms with Gasteiger partial charge >= 0.3 is 0 Å². The first-order valence-corrected chi connectivity index (χ1v) is 10.4. The summed E-state index contributed by atoms with van der Waals surface area (Å²) in [6, 6.07) is 28.6. The number of nitrogens with one attached hydrogen (secondary N) is 1. The van der Waals surface area contributed by atoms with Crippen LogP contribution in [0.2, 0.25) is 0 Å². The number of nitrogens with two attached hydrogens (primary N) is 1. The van der Waals surface area contributed by atoms with E-state index in [-0.39, 0.29) is 25.3 Å². The molecule has 0 aliphatic rings. The molecule has 2 atom stereocenters. The van der Waals surface area contributed by atoms with Gasteiger partial charge in [0.05, 0.1) is 13.2 Å². The van der Waals surface area contributed by atoms with Crippen molar-refractivity contribution in [1.29, 1.82) is 0 Å². The van der Waals surface area contributed by atoms with Gasteiger partial charge in [-0.15, -0.1) is 0 Å². The summed E-state index contributed by atoms with van der Waals surface area (Å²) in [5, 5.41) is 21.5. The second-order valence-corrected chi connectivity index (χ2v) is 7.57. The van der Waals surface area contributed by atoms with E-state index in [0.717, 1.165) is 19.4 Å². The van der Waals surface area contributed by atoms with Gasteiger partial charge in [0.15, 0.2) is 0 Å². The first-order chi connectivity index (χ1) is 14.6. The average molecular weight is 407 g/mol. The third kappa shape index (κ3) is 9.33. The summed E-state index contributed by atoms with van der Waals surface area (Å²) in [5.41, 5.74) is 10.5. The van der Waals surface area contributed by atoms with E-state index in [0.29, 0.717) is 0 Å². The van der Waals surface area contributed by atoms with Gasteiger partial charge in [-0.05, 0) is 36.5 Å². The molecule has 3 aromatic carbocycles. The van der Waals surface area contributed by atoms with Gasteiger partial charge in [-0.1, -0.05) is 90.5 Å². The van der Waals surface area contributed by atoms with E-state index in [1.807, 2.05) is 48.5 Å². The Morgan fingerprint density at radius 1 is 0.700 bits per heavy atom. The van der Waals surface area contributed by atoms with Crippen LogP contribution < -0.4 is 11.1 Å². The lowest BCUT2D eigenvalue weighted by atomic mass is 10.1. The molecule has 0 aliphatic heterocycles. The van der Waals surface area contributed by atoms with Crippen molar-refractivity contribution in [2.45, 2.75) is 38.4 Å². The summed E-state index contributed by atoms with van der Waals surface area (Å²) in [4.78, 5) is 0. The summed E-state index contributed by atoms with van der Waals surface area (Å²) >= 11 is 0. The highest BCUT2D eigenvalue weighted by Gasteiger charge is 2.07. The molecule has 0 aliphatic carbocycles. The maximum atomic E-state index is 9.45. The van der Waals surface area contributed by atoms with E-state index in [4.69, 9.17) is 10.8 Å². The summed E-state index contributed by atoms with van der Waals surface area (Å²) in [6.07, 6.45) is 1.60. The Balaban J connectivity index is 0.000000248. The Kier molecular flexibility index (Phi) is 10.8. The summed E-state index contributed by atoms with van der Waals surface area (Å²) < 4.78 is 0. The number of aryl methyl sites for hydroxylation is 1. The van der Waals surface area contributed by atoms with Crippen LogP contribution in [0.25, 0.3) is 0 Å². The molecule has 3 rings (SSSR count). The third-order valence-electron chi connectivity index (χ3n) is 4.84. The fourth-order valence-electron chi connectivity index (χ4n) is 3.05. The molecule has 0 heterocycles. The zero-order valence-corrected chi connectivity index (χ0v) is 17.7. The molecular weight excluding hydrogens is 372 g/mol. The lowest BCUT2D eigenvalue weighted by Gasteiger charge is -2.16. The zero-order chi connectivity index (χ0) is 21.6. The topological polar surface area (TPSA) is 78.5 Å². The highest BCUT2D eigenvalue weighted by Crippen LogP contribution is 2.06. The van der Waals surface area contributed by atoms with E-state index in [1.165, 1.54) is 22.3 Å². The fraction of sp³-hybridized carbons (Fsp3) is 0.308. The van der Waals surface area contributed by atoms with Crippen LogP contribution in [0.1, 0.15) is 22.3 Å². The van der Waals surface area contributed by atoms with Crippen molar-refractivity contribution in [3.8, 4) is 0 Å². The molecule has 0 bridgehead atoms. The van der Waals surface area contributed by atoms with E-state index in [2.05, 4.69) is 48.6 Å². The predicted molar refractivity (Wildman–Crippen MR) is 124 cm³/mol. The monoisotopic (exact) mass is 406 g/mol. The van der Waals surface area contributed by atoms with Crippen LogP contribution in [-0.2, 0) is 19.4 Å². The molecule has 0 saturated carbocycles. The summed E-state index contributed by atoms with van der Waals surface area (Å²) in [6.45, 7) is 3.08. The minimum atomic E-state index is -0.127. The molecule has 0 fully saturated rings. The standard InChI is InChI=1S/C17H21NO.C9H13NO/c1-14-7-9-16(10-8-14)12-18-17(13-19)11-15-5-3-2-4-6-15;10-9(7-11)6-8-4-2-1-3-5-8/h2-10,17-19H,11-13H2,1H3;1-5,9,11H,6-7,10H2/t17-;9-/m00/s1. The maximum absolute atomic E-state index is 9.45. The second kappa shape index (κ2) is 13.7. The largest absolute Gasteiger partial charge is 0.395 e. The lowest BCUT2D eigenvalue weighted by Crippen LogP contribution is -2.34. The highest BCUT2D eigenvalue weighted by molar-refractivity contribution is 5.21. The quantitative estimate of drug-likeness (QED) is 0.440. The van der Waals surface area contributed by atoms with Gasteiger partial charge in [0.1, 0.15) is 0 Å². The SMILES string of the molecule is Cc1ccc(CN[C@H](CO)Cc2ccccc2)cc1.N[C@H](CO)Cc1ccccc1. The van der Waals surface area contributed by atoms with Crippen molar-refractivity contribution < 1.29 is 10.2 Å². The summed E-state index contributed by atoms with van der Waals surface area (Å²) in [5.74, 6) is 0. The van der Waals surface area contributed by atoms with Crippen molar-refractivity contribution in [2.24, 2.45) is 5.73 Å². The highest BCUT2D eigenvalue weighted by atomic mass is 16.3. The Morgan fingerprint density at radius 2 is 1.23 bits per heavy atom. The number of hydrogen-bond donors (Lipinski definition) is 4. The number of aliphatic hydroxyl groups excluding tert-OH is 2. The van der Waals surface area contributed by atoms with E-state index >= 15 is 0 Å². The Labute approximate surface area is 180 Å². The minimum Gasteiger partial charge on any atom is -0.395 e. The number of benzene rings is 3. The van der Waals surface area contributed by atoms with Crippen LogP contribution in [-0.4, -0.2) is 35.5 Å². The lowest BCUT2D eigenvalue weighted by molar-refractivity contribution is 0.241. The van der Waals surface area contributed by atoms with Gasteiger partial charge in [-0.3, -0.25) is 0 Å². The van der Waals surface area contributed by atoms with Gasteiger partial charge in [0, 0.05) is 18.6 Å². The fourth-order valence-corrected chi connectivity index (χ4v) is 3.05. The van der Waals surface area contributed by atoms with Crippen molar-refractivity contribution in [3.05, 3.63) is 107 Å². The van der Waals surface area contributed by atoms with Crippen molar-refractivity contribution in [3.63, 3.8) is 0 Å². The number of hydrogen-bond acceptors (Lipinski definition) is 4. The van der Waals surface area contributed by atoms with Crippen molar-refractivity contribution in [2.75, 3.05) is 13.2 Å². The molecule has 5 N–H and O–H groups in total. The average Bonchev–Trinajstić information content (AvgIpc) is 2.79. The van der Waals surface area contributed by atoms with Crippen LogP contribution in [0.4, 0.5) is 0 Å². The van der Waals surface area contributed by atoms with Crippen LogP contribution in [0.3, 0.4) is 0 Å². The molecule has 0 radical (unpaired) electrons. The first-order valence-electron chi connectivity index (χ1n) is 10.4. The molecular formula is C26H34N2O2. The van der Waals surface area contributed by atoms with Gasteiger partial charge in [-0.25, -0.2) is 0 Å². The van der Waals surface area contributed by atoms with E-state index < -0.39 is 0 Å². The van der Waals surface area contributed by atoms with Crippen LogP contribution in [0, 0.1) is 6.92 Å². The van der Waals surface area contributed by atoms with Gasteiger partial charge in [-0.2, -0.15) is 0 Å². The summed E-state index contributed by atoms with van der Waals surface area (Å²) in [7, 11) is 0. The first kappa shape index (κ1) is 23.8. The van der Waals surface area contributed by atoms with Gasteiger partial charge in [0.25, 0.3) is 0 Å².